The molecule has 6 nitrogen and oxygen atoms in total. The average Bonchev–Trinajstić information content (AvgIpc) is 3.01. The van der Waals surface area contributed by atoms with E-state index >= 15 is 0 Å². The Morgan fingerprint density at radius 3 is 1.09 bits per heavy atom. The molecule has 0 aromatic heterocycles. The molecule has 0 saturated carbocycles. The Hall–Kier alpha value is -1.59. The number of unbranched alkanes of at least 4 members (excludes halogenated alkanes) is 21. The first-order chi connectivity index (χ1) is 21.9. The number of carbonyl (C=O) groups excluding carboxylic acids is 3. The zero-order valence-corrected chi connectivity index (χ0v) is 30.3. The van der Waals surface area contributed by atoms with Crippen LogP contribution in [0.1, 0.15) is 207 Å². The predicted octanol–water partition coefficient (Wildman–Crippen LogP) is 11.6. The molecule has 0 radical (unpaired) electrons. The maximum Gasteiger partial charge on any atom is 0.306 e. The van der Waals surface area contributed by atoms with Crippen LogP contribution >= 0.6 is 0 Å². The molecule has 0 aromatic rings. The van der Waals surface area contributed by atoms with Gasteiger partial charge in [0.05, 0.1) is 0 Å². The number of esters is 3. The lowest BCUT2D eigenvalue weighted by molar-refractivity contribution is -0.167. The molecule has 0 aromatic carbocycles. The molecule has 1 atom stereocenters. The van der Waals surface area contributed by atoms with E-state index in [2.05, 4.69) is 27.7 Å². The van der Waals surface area contributed by atoms with Gasteiger partial charge in [-0.2, -0.15) is 0 Å². The fourth-order valence-corrected chi connectivity index (χ4v) is 5.57. The van der Waals surface area contributed by atoms with E-state index in [1.807, 2.05) is 0 Å². The van der Waals surface area contributed by atoms with Crippen molar-refractivity contribution in [2.45, 2.75) is 214 Å². The Kier molecular flexibility index (Phi) is 32.6. The Labute approximate surface area is 278 Å². The second-order valence-electron chi connectivity index (χ2n) is 13.7. The van der Waals surface area contributed by atoms with Gasteiger partial charge in [0, 0.05) is 19.3 Å². The van der Waals surface area contributed by atoms with Gasteiger partial charge in [0.2, 0.25) is 0 Å². The van der Waals surface area contributed by atoms with Gasteiger partial charge in [0.1, 0.15) is 13.2 Å². The van der Waals surface area contributed by atoms with Gasteiger partial charge in [-0.05, 0) is 25.2 Å². The number of hydrogen-bond donors (Lipinski definition) is 0. The van der Waals surface area contributed by atoms with Crippen molar-refractivity contribution in [1.82, 2.24) is 0 Å². The minimum Gasteiger partial charge on any atom is -0.462 e. The maximum absolute atomic E-state index is 12.6. The smallest absolute Gasteiger partial charge is 0.306 e. The normalized spacial score (nSPS) is 11.9. The van der Waals surface area contributed by atoms with E-state index in [1.165, 1.54) is 103 Å². The standard InChI is InChI=1S/C39H74O6/c1-5-7-9-11-13-14-15-16-18-23-27-31-38(41)44-34-36(33-43-37(40)30-26-22-17-12-10-8-6-2)45-39(42)32-28-24-20-19-21-25-29-35(3)4/h35-36H,5-34H2,1-4H3/t36-/m1/s1. The van der Waals surface area contributed by atoms with Gasteiger partial charge in [-0.1, -0.05) is 169 Å². The Morgan fingerprint density at radius 1 is 0.422 bits per heavy atom. The molecule has 0 fully saturated rings. The average molecular weight is 639 g/mol. The van der Waals surface area contributed by atoms with Gasteiger partial charge in [-0.15, -0.1) is 0 Å². The summed E-state index contributed by atoms with van der Waals surface area (Å²) in [6, 6.07) is 0. The molecular formula is C39H74O6. The van der Waals surface area contributed by atoms with Crippen LogP contribution in [0.25, 0.3) is 0 Å². The van der Waals surface area contributed by atoms with Gasteiger partial charge in [-0.25, -0.2) is 0 Å². The van der Waals surface area contributed by atoms with E-state index in [-0.39, 0.29) is 31.1 Å². The third-order valence-corrected chi connectivity index (χ3v) is 8.54. The lowest BCUT2D eigenvalue weighted by atomic mass is 10.0. The highest BCUT2D eigenvalue weighted by atomic mass is 16.6. The quantitative estimate of drug-likeness (QED) is 0.0396. The first-order valence-electron chi connectivity index (χ1n) is 19.4. The van der Waals surface area contributed by atoms with Crippen LogP contribution in [0.15, 0.2) is 0 Å². The summed E-state index contributed by atoms with van der Waals surface area (Å²) in [5, 5.41) is 0. The van der Waals surface area contributed by atoms with Crippen LogP contribution in [0, 0.1) is 5.92 Å². The van der Waals surface area contributed by atoms with E-state index in [1.54, 1.807) is 0 Å². The topological polar surface area (TPSA) is 78.9 Å². The van der Waals surface area contributed by atoms with Crippen LogP contribution in [0.5, 0.6) is 0 Å². The molecule has 266 valence electrons. The van der Waals surface area contributed by atoms with Crippen LogP contribution in [0.3, 0.4) is 0 Å². The second-order valence-corrected chi connectivity index (χ2v) is 13.7. The van der Waals surface area contributed by atoms with Gasteiger partial charge < -0.3 is 14.2 Å². The molecule has 0 aliphatic carbocycles. The van der Waals surface area contributed by atoms with E-state index in [0.717, 1.165) is 63.7 Å². The number of carbonyl (C=O) groups is 3. The third kappa shape index (κ3) is 33.6. The Balaban J connectivity index is 4.33. The molecular weight excluding hydrogens is 564 g/mol. The summed E-state index contributed by atoms with van der Waals surface area (Å²) >= 11 is 0. The van der Waals surface area contributed by atoms with Crippen molar-refractivity contribution in [3.05, 3.63) is 0 Å². The molecule has 45 heavy (non-hydrogen) atoms. The van der Waals surface area contributed by atoms with Crippen molar-refractivity contribution >= 4 is 17.9 Å². The molecule has 0 aliphatic rings. The van der Waals surface area contributed by atoms with Crippen LogP contribution in [-0.4, -0.2) is 37.2 Å². The van der Waals surface area contributed by atoms with E-state index in [0.29, 0.717) is 19.3 Å². The number of hydrogen-bond acceptors (Lipinski definition) is 6. The molecule has 0 N–H and O–H groups in total. The van der Waals surface area contributed by atoms with Crippen molar-refractivity contribution in [3.63, 3.8) is 0 Å². The van der Waals surface area contributed by atoms with Crippen LogP contribution in [-0.2, 0) is 28.6 Å². The van der Waals surface area contributed by atoms with Gasteiger partial charge in [0.25, 0.3) is 0 Å². The summed E-state index contributed by atoms with van der Waals surface area (Å²) in [6.07, 6.45) is 29.7. The predicted molar refractivity (Wildman–Crippen MR) is 187 cm³/mol. The van der Waals surface area contributed by atoms with Gasteiger partial charge in [-0.3, -0.25) is 14.4 Å². The molecule has 0 rings (SSSR count). The molecule has 0 saturated heterocycles. The van der Waals surface area contributed by atoms with Crippen LogP contribution < -0.4 is 0 Å². The fraction of sp³-hybridized carbons (Fsp3) is 0.923. The summed E-state index contributed by atoms with van der Waals surface area (Å²) in [6.45, 7) is 8.84. The van der Waals surface area contributed by atoms with E-state index < -0.39 is 6.10 Å². The van der Waals surface area contributed by atoms with E-state index in [4.69, 9.17) is 14.2 Å². The van der Waals surface area contributed by atoms with Crippen molar-refractivity contribution in [2.24, 2.45) is 5.92 Å². The largest absolute Gasteiger partial charge is 0.462 e. The number of ether oxygens (including phenoxy) is 3. The zero-order valence-electron chi connectivity index (χ0n) is 30.3. The van der Waals surface area contributed by atoms with Crippen molar-refractivity contribution in [2.75, 3.05) is 13.2 Å². The summed E-state index contributed by atoms with van der Waals surface area (Å²) in [5.74, 6) is -0.117. The highest BCUT2D eigenvalue weighted by Crippen LogP contribution is 2.15. The highest BCUT2D eigenvalue weighted by molar-refractivity contribution is 5.71. The molecule has 0 aliphatic heterocycles. The maximum atomic E-state index is 12.6. The molecule has 6 heteroatoms. The van der Waals surface area contributed by atoms with E-state index in [9.17, 15) is 14.4 Å². The summed E-state index contributed by atoms with van der Waals surface area (Å²) in [5.41, 5.74) is 0. The minimum atomic E-state index is -0.757. The van der Waals surface area contributed by atoms with Crippen LogP contribution in [0.4, 0.5) is 0 Å². The monoisotopic (exact) mass is 639 g/mol. The first-order valence-corrected chi connectivity index (χ1v) is 19.4. The summed E-state index contributed by atoms with van der Waals surface area (Å²) in [7, 11) is 0. The first kappa shape index (κ1) is 43.4. The molecule has 0 spiro atoms. The fourth-order valence-electron chi connectivity index (χ4n) is 5.57. The lowest BCUT2D eigenvalue weighted by Crippen LogP contribution is -2.30. The Morgan fingerprint density at radius 2 is 0.733 bits per heavy atom. The molecule has 0 bridgehead atoms. The highest BCUT2D eigenvalue weighted by Gasteiger charge is 2.19. The van der Waals surface area contributed by atoms with Gasteiger partial charge in [0.15, 0.2) is 6.10 Å². The SMILES string of the molecule is CCCCCCCCCCCCCC(=O)OC[C@@H](COC(=O)CCCCCCCCC)OC(=O)CCCCCCCCC(C)C. The van der Waals surface area contributed by atoms with Crippen molar-refractivity contribution in [1.29, 1.82) is 0 Å². The van der Waals surface area contributed by atoms with Gasteiger partial charge >= 0.3 is 17.9 Å². The third-order valence-electron chi connectivity index (χ3n) is 8.54. The zero-order chi connectivity index (χ0) is 33.2. The Bertz CT molecular complexity index is 676. The molecule has 0 heterocycles. The second kappa shape index (κ2) is 33.8. The van der Waals surface area contributed by atoms with Crippen LogP contribution in [0.2, 0.25) is 0 Å². The minimum absolute atomic E-state index is 0.0663. The molecule has 0 amide bonds. The number of rotatable bonds is 34. The molecule has 0 unspecified atom stereocenters. The summed E-state index contributed by atoms with van der Waals surface area (Å²) < 4.78 is 16.5. The lowest BCUT2D eigenvalue weighted by Gasteiger charge is -2.18. The summed E-state index contributed by atoms with van der Waals surface area (Å²) in [4.78, 5) is 37.3. The van der Waals surface area contributed by atoms with Crippen molar-refractivity contribution < 1.29 is 28.6 Å². The van der Waals surface area contributed by atoms with Crippen molar-refractivity contribution in [3.8, 4) is 0 Å².